The molecule has 1 saturated heterocycles. The van der Waals surface area contributed by atoms with Gasteiger partial charge in [0.15, 0.2) is 0 Å². The number of rotatable bonds is 5. The molecule has 1 heterocycles. The molecule has 3 N–H and O–H groups in total. The van der Waals surface area contributed by atoms with E-state index in [0.29, 0.717) is 12.3 Å². The lowest BCUT2D eigenvalue weighted by atomic mass is 10.2. The number of ether oxygens (including phenoxy) is 2. The van der Waals surface area contributed by atoms with E-state index >= 15 is 0 Å². The van der Waals surface area contributed by atoms with Crippen LogP contribution in [0.2, 0.25) is 0 Å². The molecule has 18 heavy (non-hydrogen) atoms. The van der Waals surface area contributed by atoms with Gasteiger partial charge in [-0.2, -0.15) is 0 Å². The number of anilines is 1. The molecule has 1 amide bonds. The van der Waals surface area contributed by atoms with Gasteiger partial charge < -0.3 is 20.5 Å². The van der Waals surface area contributed by atoms with Crippen LogP contribution in [0.15, 0.2) is 24.3 Å². The van der Waals surface area contributed by atoms with Gasteiger partial charge in [-0.05, 0) is 25.0 Å². The second-order valence-corrected chi connectivity index (χ2v) is 4.23. The number of carbonyl (C=O) groups excluding carboxylic acids is 1. The van der Waals surface area contributed by atoms with Gasteiger partial charge in [-0.3, -0.25) is 4.79 Å². The lowest BCUT2D eigenvalue weighted by Gasteiger charge is -2.12. The van der Waals surface area contributed by atoms with Gasteiger partial charge in [-0.1, -0.05) is 6.07 Å². The van der Waals surface area contributed by atoms with Crippen molar-refractivity contribution < 1.29 is 14.3 Å². The van der Waals surface area contributed by atoms with Crippen LogP contribution in [-0.4, -0.2) is 31.8 Å². The van der Waals surface area contributed by atoms with Crippen LogP contribution in [0.4, 0.5) is 5.69 Å². The summed E-state index contributed by atoms with van der Waals surface area (Å²) in [6.45, 7) is 1.34. The summed E-state index contributed by atoms with van der Waals surface area (Å²) in [6.07, 6.45) is 2.33. The summed E-state index contributed by atoms with van der Waals surface area (Å²) in [7, 11) is 0. The lowest BCUT2D eigenvalue weighted by molar-refractivity contribution is -0.114. The van der Waals surface area contributed by atoms with E-state index in [9.17, 15) is 4.79 Å². The average Bonchev–Trinajstić information content (AvgIpc) is 2.90. The largest absolute Gasteiger partial charge is 0.491 e. The Balaban J connectivity index is 1.87. The quantitative estimate of drug-likeness (QED) is 0.822. The number of nitrogens with one attached hydrogen (secondary N) is 1. The summed E-state index contributed by atoms with van der Waals surface area (Å²) < 4.78 is 11.1. The van der Waals surface area contributed by atoms with Crippen LogP contribution < -0.4 is 15.8 Å². The van der Waals surface area contributed by atoms with Gasteiger partial charge in [0.05, 0.1) is 12.6 Å². The minimum Gasteiger partial charge on any atom is -0.491 e. The predicted molar refractivity (Wildman–Crippen MR) is 68.6 cm³/mol. The van der Waals surface area contributed by atoms with Crippen LogP contribution in [0.3, 0.4) is 0 Å². The first-order valence-electron chi connectivity index (χ1n) is 6.12. The van der Waals surface area contributed by atoms with Gasteiger partial charge in [-0.25, -0.2) is 0 Å². The molecule has 0 saturated carbocycles. The molecular formula is C13H18N2O3. The van der Waals surface area contributed by atoms with E-state index in [4.69, 9.17) is 15.2 Å². The smallest absolute Gasteiger partial charge is 0.238 e. The molecule has 5 heteroatoms. The third-order valence-electron chi connectivity index (χ3n) is 2.76. The highest BCUT2D eigenvalue weighted by Crippen LogP contribution is 2.19. The Bertz CT molecular complexity index is 403. The van der Waals surface area contributed by atoms with Gasteiger partial charge in [0.25, 0.3) is 0 Å². The Morgan fingerprint density at radius 2 is 2.44 bits per heavy atom. The molecule has 1 unspecified atom stereocenters. The van der Waals surface area contributed by atoms with Crippen molar-refractivity contribution in [3.05, 3.63) is 24.3 Å². The van der Waals surface area contributed by atoms with E-state index in [1.165, 1.54) is 0 Å². The number of benzene rings is 1. The zero-order valence-electron chi connectivity index (χ0n) is 10.2. The fraction of sp³-hybridized carbons (Fsp3) is 0.462. The van der Waals surface area contributed by atoms with Crippen molar-refractivity contribution in [2.75, 3.05) is 25.1 Å². The molecule has 1 aromatic rings. The van der Waals surface area contributed by atoms with Gasteiger partial charge in [0, 0.05) is 18.4 Å². The van der Waals surface area contributed by atoms with E-state index in [1.807, 2.05) is 12.1 Å². The van der Waals surface area contributed by atoms with E-state index in [0.717, 1.165) is 25.2 Å². The zero-order valence-corrected chi connectivity index (χ0v) is 10.2. The van der Waals surface area contributed by atoms with E-state index in [2.05, 4.69) is 5.32 Å². The standard InChI is InChI=1S/C13H18N2O3/c14-8-13(16)15-10-3-1-4-11(7-10)18-9-12-5-2-6-17-12/h1,3-4,7,12H,2,5-6,8-9,14H2,(H,15,16). The van der Waals surface area contributed by atoms with Crippen molar-refractivity contribution in [1.82, 2.24) is 0 Å². The first-order valence-corrected chi connectivity index (χ1v) is 6.12. The molecule has 98 valence electrons. The van der Waals surface area contributed by atoms with Crippen LogP contribution in [0.25, 0.3) is 0 Å². The monoisotopic (exact) mass is 250 g/mol. The minimum absolute atomic E-state index is 0.0268. The van der Waals surface area contributed by atoms with Crippen LogP contribution >= 0.6 is 0 Å². The van der Waals surface area contributed by atoms with Gasteiger partial charge in [0.2, 0.25) is 5.91 Å². The summed E-state index contributed by atoms with van der Waals surface area (Å²) in [6, 6.07) is 7.26. The highest BCUT2D eigenvalue weighted by molar-refractivity contribution is 5.92. The SMILES string of the molecule is NCC(=O)Nc1cccc(OCC2CCCO2)c1. The molecule has 1 aliphatic rings. The maximum absolute atomic E-state index is 11.2. The fourth-order valence-electron chi connectivity index (χ4n) is 1.84. The predicted octanol–water partition coefficient (Wildman–Crippen LogP) is 1.14. The minimum atomic E-state index is -0.216. The summed E-state index contributed by atoms with van der Waals surface area (Å²) in [4.78, 5) is 11.2. The summed E-state index contributed by atoms with van der Waals surface area (Å²) in [5.41, 5.74) is 5.93. The van der Waals surface area contributed by atoms with Crippen molar-refractivity contribution in [2.45, 2.75) is 18.9 Å². The number of amides is 1. The van der Waals surface area contributed by atoms with Gasteiger partial charge in [0.1, 0.15) is 12.4 Å². The Morgan fingerprint density at radius 3 is 3.17 bits per heavy atom. The molecule has 1 aliphatic heterocycles. The van der Waals surface area contributed by atoms with Crippen LogP contribution in [0.5, 0.6) is 5.75 Å². The van der Waals surface area contributed by atoms with Crippen molar-refractivity contribution >= 4 is 11.6 Å². The normalized spacial score (nSPS) is 18.6. The van der Waals surface area contributed by atoms with Crippen LogP contribution in [-0.2, 0) is 9.53 Å². The number of nitrogens with two attached hydrogens (primary N) is 1. The fourth-order valence-corrected chi connectivity index (χ4v) is 1.84. The Morgan fingerprint density at radius 1 is 1.56 bits per heavy atom. The molecule has 0 spiro atoms. The van der Waals surface area contributed by atoms with Crippen LogP contribution in [0, 0.1) is 0 Å². The zero-order chi connectivity index (χ0) is 12.8. The first-order chi connectivity index (χ1) is 8.78. The maximum Gasteiger partial charge on any atom is 0.238 e. The van der Waals surface area contributed by atoms with E-state index in [-0.39, 0.29) is 18.6 Å². The molecule has 0 radical (unpaired) electrons. The highest BCUT2D eigenvalue weighted by atomic mass is 16.5. The third-order valence-corrected chi connectivity index (χ3v) is 2.76. The molecule has 1 atom stereocenters. The summed E-state index contributed by atoms with van der Waals surface area (Å²) in [5.74, 6) is 0.506. The van der Waals surface area contributed by atoms with Gasteiger partial charge in [-0.15, -0.1) is 0 Å². The highest BCUT2D eigenvalue weighted by Gasteiger charge is 2.15. The molecule has 0 bridgehead atoms. The second kappa shape index (κ2) is 6.37. The molecule has 1 aromatic carbocycles. The molecule has 1 fully saturated rings. The van der Waals surface area contributed by atoms with E-state index < -0.39 is 0 Å². The molecule has 0 aliphatic carbocycles. The van der Waals surface area contributed by atoms with Gasteiger partial charge >= 0.3 is 0 Å². The number of carbonyl (C=O) groups is 1. The summed E-state index contributed by atoms with van der Waals surface area (Å²) in [5, 5.41) is 2.68. The van der Waals surface area contributed by atoms with Crippen molar-refractivity contribution in [3.8, 4) is 5.75 Å². The van der Waals surface area contributed by atoms with Crippen LogP contribution in [0.1, 0.15) is 12.8 Å². The number of hydrogen-bond acceptors (Lipinski definition) is 4. The topological polar surface area (TPSA) is 73.6 Å². The Kier molecular flexibility index (Phi) is 4.55. The average molecular weight is 250 g/mol. The summed E-state index contributed by atoms with van der Waals surface area (Å²) >= 11 is 0. The number of hydrogen-bond donors (Lipinski definition) is 2. The lowest BCUT2D eigenvalue weighted by Crippen LogP contribution is -2.21. The molecule has 2 rings (SSSR count). The Hall–Kier alpha value is -1.59. The second-order valence-electron chi connectivity index (χ2n) is 4.23. The third kappa shape index (κ3) is 3.72. The Labute approximate surface area is 106 Å². The van der Waals surface area contributed by atoms with E-state index in [1.54, 1.807) is 12.1 Å². The molecule has 5 nitrogen and oxygen atoms in total. The van der Waals surface area contributed by atoms with Crippen molar-refractivity contribution in [1.29, 1.82) is 0 Å². The molecule has 0 aromatic heterocycles. The first kappa shape index (κ1) is 12.9. The molecular weight excluding hydrogens is 232 g/mol. The van der Waals surface area contributed by atoms with Crippen molar-refractivity contribution in [3.63, 3.8) is 0 Å². The van der Waals surface area contributed by atoms with Crippen molar-refractivity contribution in [2.24, 2.45) is 5.73 Å². The maximum atomic E-state index is 11.2.